The average Bonchev–Trinajstić information content (AvgIpc) is 2.77. The number of ether oxygens (including phenoxy) is 1. The summed E-state index contributed by atoms with van der Waals surface area (Å²) < 4.78 is 5.28. The number of benzene rings is 2. The van der Waals surface area contributed by atoms with E-state index in [1.807, 2.05) is 43.3 Å². The number of Topliss-reactive ketones (excluding diaryl/α,β-unsaturated/α-hetero) is 1. The number of carbonyl (C=O) groups is 2. The molecule has 0 aromatic heterocycles. The lowest BCUT2D eigenvalue weighted by atomic mass is 9.78. The summed E-state index contributed by atoms with van der Waals surface area (Å²) in [5.74, 6) is 0.584. The number of anilines is 1. The smallest absolute Gasteiger partial charge is 0.237 e. The molecular weight excluding hydrogens is 290 g/mol. The van der Waals surface area contributed by atoms with Gasteiger partial charge in [-0.25, -0.2) is 0 Å². The average molecular weight is 309 g/mol. The predicted molar refractivity (Wildman–Crippen MR) is 89.1 cm³/mol. The first-order chi connectivity index (χ1) is 11.0. The monoisotopic (exact) mass is 309 g/mol. The lowest BCUT2D eigenvalue weighted by Gasteiger charge is -2.22. The number of amides is 1. The second kappa shape index (κ2) is 5.54. The Morgan fingerprint density at radius 2 is 1.87 bits per heavy atom. The van der Waals surface area contributed by atoms with Gasteiger partial charge in [0.2, 0.25) is 5.91 Å². The Balaban J connectivity index is 2.01. The lowest BCUT2D eigenvalue weighted by Crippen LogP contribution is -2.37. The molecule has 3 rings (SSSR count). The Morgan fingerprint density at radius 1 is 1.17 bits per heavy atom. The van der Waals surface area contributed by atoms with Crippen molar-refractivity contribution < 1.29 is 14.3 Å². The zero-order chi connectivity index (χ0) is 16.6. The topological polar surface area (TPSA) is 46.6 Å². The van der Waals surface area contributed by atoms with E-state index in [1.165, 1.54) is 0 Å². The Kier molecular flexibility index (Phi) is 3.68. The molecule has 2 aromatic rings. The van der Waals surface area contributed by atoms with E-state index in [0.717, 1.165) is 11.3 Å². The van der Waals surface area contributed by atoms with E-state index in [-0.39, 0.29) is 18.1 Å². The van der Waals surface area contributed by atoms with Crippen LogP contribution in [0.15, 0.2) is 48.5 Å². The summed E-state index contributed by atoms with van der Waals surface area (Å²) in [6.45, 7) is 1.83. The number of likely N-dealkylation sites (N-methyl/N-ethyl adjacent to an activating group) is 1. The number of nitrogens with zero attached hydrogens (tertiary/aromatic N) is 1. The van der Waals surface area contributed by atoms with Crippen LogP contribution in [-0.2, 0) is 10.2 Å². The maximum atomic E-state index is 12.8. The van der Waals surface area contributed by atoms with E-state index < -0.39 is 5.41 Å². The first-order valence-electron chi connectivity index (χ1n) is 7.52. The van der Waals surface area contributed by atoms with Crippen LogP contribution in [0.5, 0.6) is 5.75 Å². The summed E-state index contributed by atoms with van der Waals surface area (Å²) in [5, 5.41) is 0. The molecule has 23 heavy (non-hydrogen) atoms. The van der Waals surface area contributed by atoms with Gasteiger partial charge in [-0.3, -0.25) is 9.59 Å². The molecule has 0 bridgehead atoms. The minimum Gasteiger partial charge on any atom is -0.497 e. The van der Waals surface area contributed by atoms with Gasteiger partial charge in [0.05, 0.1) is 12.5 Å². The Morgan fingerprint density at radius 3 is 2.52 bits per heavy atom. The molecule has 1 atom stereocenters. The summed E-state index contributed by atoms with van der Waals surface area (Å²) >= 11 is 0. The van der Waals surface area contributed by atoms with Crippen molar-refractivity contribution in [2.24, 2.45) is 0 Å². The molecule has 0 saturated heterocycles. The van der Waals surface area contributed by atoms with Gasteiger partial charge in [-0.05, 0) is 30.7 Å². The summed E-state index contributed by atoms with van der Waals surface area (Å²) in [7, 11) is 3.33. The molecule has 0 fully saturated rings. The standard InChI is InChI=1S/C19H19NO3/c1-19(12-17(21)13-7-5-4-6-8-13)15-11-14(23-3)9-10-16(15)20(2)18(19)22/h4-11H,12H2,1-3H3. The number of fused-ring (bicyclic) bond motifs is 1. The van der Waals surface area contributed by atoms with Crippen LogP contribution in [0, 0.1) is 0 Å². The molecule has 1 aliphatic heterocycles. The van der Waals surface area contributed by atoms with E-state index >= 15 is 0 Å². The molecule has 4 heteroatoms. The third-order valence-corrected chi connectivity index (χ3v) is 4.55. The highest BCUT2D eigenvalue weighted by Gasteiger charge is 2.47. The SMILES string of the molecule is COc1ccc2c(c1)C(C)(CC(=O)c1ccccc1)C(=O)N2C. The fourth-order valence-corrected chi connectivity index (χ4v) is 3.19. The predicted octanol–water partition coefficient (Wildman–Crippen LogP) is 3.20. The fourth-order valence-electron chi connectivity index (χ4n) is 3.19. The number of methoxy groups -OCH3 is 1. The summed E-state index contributed by atoms with van der Waals surface area (Å²) in [6.07, 6.45) is 0.139. The van der Waals surface area contributed by atoms with Crippen LogP contribution in [0.4, 0.5) is 5.69 Å². The maximum Gasteiger partial charge on any atom is 0.237 e. The van der Waals surface area contributed by atoms with Gasteiger partial charge in [-0.1, -0.05) is 30.3 Å². The van der Waals surface area contributed by atoms with E-state index in [2.05, 4.69) is 0 Å². The molecule has 0 radical (unpaired) electrons. The molecule has 1 unspecified atom stereocenters. The van der Waals surface area contributed by atoms with Gasteiger partial charge in [0.25, 0.3) is 0 Å². The van der Waals surface area contributed by atoms with Gasteiger partial charge in [0.15, 0.2) is 5.78 Å². The van der Waals surface area contributed by atoms with Crippen LogP contribution in [0.1, 0.15) is 29.3 Å². The van der Waals surface area contributed by atoms with Crippen LogP contribution in [-0.4, -0.2) is 25.8 Å². The van der Waals surface area contributed by atoms with Gasteiger partial charge < -0.3 is 9.64 Å². The molecule has 0 saturated carbocycles. The van der Waals surface area contributed by atoms with E-state index in [0.29, 0.717) is 11.3 Å². The van der Waals surface area contributed by atoms with Crippen LogP contribution < -0.4 is 9.64 Å². The van der Waals surface area contributed by atoms with E-state index in [4.69, 9.17) is 4.74 Å². The van der Waals surface area contributed by atoms with Crippen LogP contribution >= 0.6 is 0 Å². The minimum absolute atomic E-state index is 0.0366. The normalized spacial score (nSPS) is 19.6. The number of hydrogen-bond acceptors (Lipinski definition) is 3. The van der Waals surface area contributed by atoms with Gasteiger partial charge in [-0.15, -0.1) is 0 Å². The second-order valence-electron chi connectivity index (χ2n) is 6.05. The largest absolute Gasteiger partial charge is 0.497 e. The first-order valence-corrected chi connectivity index (χ1v) is 7.52. The molecular formula is C19H19NO3. The minimum atomic E-state index is -0.869. The summed E-state index contributed by atoms with van der Waals surface area (Å²) in [4.78, 5) is 27.0. The Labute approximate surface area is 135 Å². The van der Waals surface area contributed by atoms with Gasteiger partial charge in [-0.2, -0.15) is 0 Å². The highest BCUT2D eigenvalue weighted by molar-refractivity contribution is 6.11. The van der Waals surface area contributed by atoms with Crippen molar-refractivity contribution in [1.82, 2.24) is 0 Å². The zero-order valence-corrected chi connectivity index (χ0v) is 13.5. The highest BCUT2D eigenvalue weighted by Crippen LogP contribution is 2.45. The molecule has 2 aromatic carbocycles. The summed E-state index contributed by atoms with van der Waals surface area (Å²) in [5.41, 5.74) is 1.43. The molecule has 0 spiro atoms. The van der Waals surface area contributed by atoms with Gasteiger partial charge in [0, 0.05) is 24.7 Å². The van der Waals surface area contributed by atoms with Crippen LogP contribution in [0.25, 0.3) is 0 Å². The fraction of sp³-hybridized carbons (Fsp3) is 0.263. The third-order valence-electron chi connectivity index (χ3n) is 4.55. The molecule has 1 heterocycles. The number of hydrogen-bond donors (Lipinski definition) is 0. The molecule has 118 valence electrons. The van der Waals surface area contributed by atoms with Crippen molar-refractivity contribution in [2.75, 3.05) is 19.1 Å². The highest BCUT2D eigenvalue weighted by atomic mass is 16.5. The lowest BCUT2D eigenvalue weighted by molar-refractivity contribution is -0.122. The van der Waals surface area contributed by atoms with Crippen molar-refractivity contribution in [3.05, 3.63) is 59.7 Å². The molecule has 0 aliphatic carbocycles. The van der Waals surface area contributed by atoms with E-state index in [1.54, 1.807) is 31.2 Å². The third kappa shape index (κ3) is 2.40. The maximum absolute atomic E-state index is 12.8. The Hall–Kier alpha value is -2.62. The number of carbonyl (C=O) groups excluding carboxylic acids is 2. The second-order valence-corrected chi connectivity index (χ2v) is 6.05. The molecule has 1 amide bonds. The first kappa shape index (κ1) is 15.3. The van der Waals surface area contributed by atoms with Crippen molar-refractivity contribution in [3.8, 4) is 5.75 Å². The van der Waals surface area contributed by atoms with Crippen molar-refractivity contribution in [2.45, 2.75) is 18.8 Å². The quantitative estimate of drug-likeness (QED) is 0.815. The molecule has 1 aliphatic rings. The molecule has 4 nitrogen and oxygen atoms in total. The zero-order valence-electron chi connectivity index (χ0n) is 13.5. The van der Waals surface area contributed by atoms with Gasteiger partial charge >= 0.3 is 0 Å². The van der Waals surface area contributed by atoms with Crippen molar-refractivity contribution in [3.63, 3.8) is 0 Å². The van der Waals surface area contributed by atoms with Crippen molar-refractivity contribution in [1.29, 1.82) is 0 Å². The van der Waals surface area contributed by atoms with Crippen LogP contribution in [0.3, 0.4) is 0 Å². The number of ketones is 1. The van der Waals surface area contributed by atoms with Crippen LogP contribution in [0.2, 0.25) is 0 Å². The van der Waals surface area contributed by atoms with Gasteiger partial charge in [0.1, 0.15) is 5.75 Å². The molecule has 0 N–H and O–H groups in total. The van der Waals surface area contributed by atoms with E-state index in [9.17, 15) is 9.59 Å². The Bertz CT molecular complexity index is 769. The van der Waals surface area contributed by atoms with Crippen molar-refractivity contribution >= 4 is 17.4 Å². The number of rotatable bonds is 4. The summed E-state index contributed by atoms with van der Waals surface area (Å²) in [6, 6.07) is 14.6.